The van der Waals surface area contributed by atoms with Gasteiger partial charge in [-0.05, 0) is 45.1 Å². The van der Waals surface area contributed by atoms with Crippen LogP contribution in [0.15, 0.2) is 5.03 Å². The first-order valence-corrected chi connectivity index (χ1v) is 9.53. The van der Waals surface area contributed by atoms with Crippen LogP contribution in [-0.4, -0.2) is 27.7 Å². The zero-order valence-corrected chi connectivity index (χ0v) is 14.9. The van der Waals surface area contributed by atoms with Gasteiger partial charge in [0.2, 0.25) is 5.91 Å². The molecule has 1 N–H and O–H groups in total. The Kier molecular flexibility index (Phi) is 4.68. The number of carbonyl (C=O) groups is 1. The summed E-state index contributed by atoms with van der Waals surface area (Å²) >= 11 is 3.36. The van der Waals surface area contributed by atoms with Gasteiger partial charge in [0.1, 0.15) is 15.7 Å². The maximum atomic E-state index is 12.1. The van der Waals surface area contributed by atoms with Crippen molar-refractivity contribution in [2.45, 2.75) is 56.7 Å². The van der Waals surface area contributed by atoms with Gasteiger partial charge in [0.05, 0.1) is 5.25 Å². The molecule has 1 amide bonds. The minimum absolute atomic E-state index is 0.0862. The van der Waals surface area contributed by atoms with Crippen LogP contribution in [0.5, 0.6) is 0 Å². The third kappa shape index (κ3) is 2.99. The molecule has 1 aliphatic rings. The van der Waals surface area contributed by atoms with Crippen molar-refractivity contribution < 1.29 is 4.79 Å². The molecule has 0 aliphatic heterocycles. The number of amides is 1. The summed E-state index contributed by atoms with van der Waals surface area (Å²) in [6, 6.07) is 0. The molecule has 1 aliphatic carbocycles. The Balaban J connectivity index is 1.91. The molecule has 22 heavy (non-hydrogen) atoms. The molecule has 0 spiro atoms. The molecular formula is C16H21N3OS2. The molecule has 0 unspecified atom stereocenters. The molecule has 2 aromatic rings. The summed E-state index contributed by atoms with van der Waals surface area (Å²) in [5.41, 5.74) is 1.42. The van der Waals surface area contributed by atoms with E-state index in [0.717, 1.165) is 41.5 Å². The standard InChI is InChI=1S/C16H21N3OS2/c1-4-8-17-14(20)9(2)21-15-13-11-6-5-7-12(11)22-16(13)19-10(3)18-15/h9H,4-8H2,1-3H3,(H,17,20)/t9-/m1/s1. The molecule has 2 aromatic heterocycles. The van der Waals surface area contributed by atoms with E-state index in [1.807, 2.05) is 13.8 Å². The van der Waals surface area contributed by atoms with Gasteiger partial charge in [0.15, 0.2) is 0 Å². The van der Waals surface area contributed by atoms with Crippen molar-refractivity contribution in [2.75, 3.05) is 6.54 Å². The molecule has 3 rings (SSSR count). The molecule has 0 saturated carbocycles. The number of hydrogen-bond acceptors (Lipinski definition) is 5. The first-order valence-electron chi connectivity index (χ1n) is 7.83. The molecule has 0 fully saturated rings. The van der Waals surface area contributed by atoms with Crippen LogP contribution in [0.1, 0.15) is 43.0 Å². The van der Waals surface area contributed by atoms with Gasteiger partial charge in [-0.3, -0.25) is 4.79 Å². The molecule has 118 valence electrons. The molecule has 0 radical (unpaired) electrons. The summed E-state index contributed by atoms with van der Waals surface area (Å²) in [5.74, 6) is 0.874. The Bertz CT molecular complexity index is 711. The lowest BCUT2D eigenvalue weighted by molar-refractivity contribution is -0.120. The van der Waals surface area contributed by atoms with Gasteiger partial charge in [0, 0.05) is 16.8 Å². The number of nitrogens with one attached hydrogen (secondary N) is 1. The van der Waals surface area contributed by atoms with Gasteiger partial charge in [-0.15, -0.1) is 11.3 Å². The van der Waals surface area contributed by atoms with Gasteiger partial charge in [-0.2, -0.15) is 0 Å². The summed E-state index contributed by atoms with van der Waals surface area (Å²) in [6.45, 7) is 6.67. The van der Waals surface area contributed by atoms with E-state index in [-0.39, 0.29) is 11.2 Å². The highest BCUT2D eigenvalue weighted by Crippen LogP contribution is 2.41. The van der Waals surface area contributed by atoms with Crippen LogP contribution in [0.25, 0.3) is 10.2 Å². The van der Waals surface area contributed by atoms with Crippen LogP contribution in [0.4, 0.5) is 0 Å². The van der Waals surface area contributed by atoms with Gasteiger partial charge in [-0.1, -0.05) is 18.7 Å². The van der Waals surface area contributed by atoms with Crippen molar-refractivity contribution in [3.8, 4) is 0 Å². The van der Waals surface area contributed by atoms with Crippen molar-refractivity contribution in [3.63, 3.8) is 0 Å². The molecule has 0 bridgehead atoms. The number of hydrogen-bond donors (Lipinski definition) is 1. The second kappa shape index (κ2) is 6.54. The number of thiophene rings is 1. The fourth-order valence-electron chi connectivity index (χ4n) is 2.76. The topological polar surface area (TPSA) is 54.9 Å². The second-order valence-electron chi connectivity index (χ2n) is 5.66. The smallest absolute Gasteiger partial charge is 0.233 e. The SMILES string of the molecule is CCCNC(=O)[C@@H](C)Sc1nc(C)nc2sc3c(c12)CCC3. The van der Waals surface area contributed by atoms with Gasteiger partial charge in [0.25, 0.3) is 0 Å². The van der Waals surface area contributed by atoms with E-state index in [1.54, 1.807) is 23.1 Å². The first kappa shape index (κ1) is 15.7. The first-order chi connectivity index (χ1) is 10.6. The molecule has 1 atom stereocenters. The number of aryl methyl sites for hydroxylation is 3. The average Bonchev–Trinajstić information content (AvgIpc) is 3.04. The van der Waals surface area contributed by atoms with Crippen molar-refractivity contribution in [1.82, 2.24) is 15.3 Å². The molecule has 0 saturated heterocycles. The Hall–Kier alpha value is -1.14. The average molecular weight is 335 g/mol. The van der Waals surface area contributed by atoms with E-state index in [4.69, 9.17) is 0 Å². The zero-order valence-electron chi connectivity index (χ0n) is 13.2. The highest BCUT2D eigenvalue weighted by molar-refractivity contribution is 8.00. The van der Waals surface area contributed by atoms with Gasteiger partial charge < -0.3 is 5.32 Å². The number of nitrogens with zero attached hydrogens (tertiary/aromatic N) is 2. The van der Waals surface area contributed by atoms with E-state index in [9.17, 15) is 4.79 Å². The highest BCUT2D eigenvalue weighted by atomic mass is 32.2. The van der Waals surface area contributed by atoms with E-state index in [1.165, 1.54) is 22.2 Å². The summed E-state index contributed by atoms with van der Waals surface area (Å²) < 4.78 is 0. The number of aromatic nitrogens is 2. The quantitative estimate of drug-likeness (QED) is 0.671. The van der Waals surface area contributed by atoms with Crippen molar-refractivity contribution in [1.29, 1.82) is 0 Å². The Morgan fingerprint density at radius 2 is 2.23 bits per heavy atom. The predicted octanol–water partition coefficient (Wildman–Crippen LogP) is 3.50. The van der Waals surface area contributed by atoms with E-state index < -0.39 is 0 Å². The van der Waals surface area contributed by atoms with Crippen LogP contribution in [0, 0.1) is 6.92 Å². The van der Waals surface area contributed by atoms with Gasteiger partial charge >= 0.3 is 0 Å². The van der Waals surface area contributed by atoms with E-state index in [0.29, 0.717) is 0 Å². The van der Waals surface area contributed by atoms with Crippen LogP contribution >= 0.6 is 23.1 Å². The summed E-state index contributed by atoms with van der Waals surface area (Å²) in [7, 11) is 0. The number of carbonyl (C=O) groups excluding carboxylic acids is 1. The fraction of sp³-hybridized carbons (Fsp3) is 0.562. The van der Waals surface area contributed by atoms with Crippen molar-refractivity contribution in [2.24, 2.45) is 0 Å². The highest BCUT2D eigenvalue weighted by Gasteiger charge is 2.24. The van der Waals surface area contributed by atoms with E-state index >= 15 is 0 Å². The maximum absolute atomic E-state index is 12.1. The van der Waals surface area contributed by atoms with E-state index in [2.05, 4.69) is 22.2 Å². The van der Waals surface area contributed by atoms with Crippen molar-refractivity contribution >= 4 is 39.2 Å². The van der Waals surface area contributed by atoms with Crippen LogP contribution in [0.2, 0.25) is 0 Å². The largest absolute Gasteiger partial charge is 0.355 e. The van der Waals surface area contributed by atoms with Crippen LogP contribution in [-0.2, 0) is 17.6 Å². The van der Waals surface area contributed by atoms with Crippen molar-refractivity contribution in [3.05, 3.63) is 16.3 Å². The lowest BCUT2D eigenvalue weighted by Crippen LogP contribution is -2.31. The number of rotatable bonds is 5. The lowest BCUT2D eigenvalue weighted by Gasteiger charge is -2.12. The molecule has 0 aromatic carbocycles. The molecule has 2 heterocycles. The summed E-state index contributed by atoms with van der Waals surface area (Å²) in [6.07, 6.45) is 4.46. The minimum Gasteiger partial charge on any atom is -0.355 e. The Labute approximate surface area is 139 Å². The fourth-order valence-corrected chi connectivity index (χ4v) is 5.18. The summed E-state index contributed by atoms with van der Waals surface area (Å²) in [5, 5.41) is 4.99. The number of thioether (sulfide) groups is 1. The lowest BCUT2D eigenvalue weighted by atomic mass is 10.2. The van der Waals surface area contributed by atoms with Crippen LogP contribution < -0.4 is 5.32 Å². The molecule has 6 heteroatoms. The monoisotopic (exact) mass is 335 g/mol. The zero-order chi connectivity index (χ0) is 15.7. The Morgan fingerprint density at radius 1 is 1.41 bits per heavy atom. The Morgan fingerprint density at radius 3 is 3.00 bits per heavy atom. The number of fused-ring (bicyclic) bond motifs is 3. The third-order valence-electron chi connectivity index (χ3n) is 3.85. The summed E-state index contributed by atoms with van der Waals surface area (Å²) in [4.78, 5) is 23.9. The predicted molar refractivity (Wildman–Crippen MR) is 92.8 cm³/mol. The molecular weight excluding hydrogens is 314 g/mol. The second-order valence-corrected chi connectivity index (χ2v) is 8.08. The normalized spacial score (nSPS) is 15.0. The third-order valence-corrected chi connectivity index (χ3v) is 6.12. The minimum atomic E-state index is -0.138. The van der Waals surface area contributed by atoms with Crippen LogP contribution in [0.3, 0.4) is 0 Å². The van der Waals surface area contributed by atoms with Gasteiger partial charge in [-0.25, -0.2) is 9.97 Å². The maximum Gasteiger partial charge on any atom is 0.233 e. The molecule has 4 nitrogen and oxygen atoms in total.